The van der Waals surface area contributed by atoms with Crippen LogP contribution in [0.5, 0.6) is 0 Å². The van der Waals surface area contributed by atoms with Crippen molar-refractivity contribution in [3.63, 3.8) is 0 Å². The van der Waals surface area contributed by atoms with Crippen LogP contribution in [0.15, 0.2) is 36.5 Å². The van der Waals surface area contributed by atoms with Crippen LogP contribution in [0.1, 0.15) is 37.2 Å². The Balaban J connectivity index is 1.53. The Morgan fingerprint density at radius 2 is 2.17 bits per heavy atom. The number of nitrogens with zero attached hydrogens (tertiary/aromatic N) is 3. The molecule has 2 aromatic heterocycles. The van der Waals surface area contributed by atoms with Crippen molar-refractivity contribution >= 4 is 17.2 Å². The van der Waals surface area contributed by atoms with Crippen LogP contribution in [0.3, 0.4) is 0 Å². The lowest BCUT2D eigenvalue weighted by Gasteiger charge is -2.26. The number of thiazole rings is 1. The summed E-state index contributed by atoms with van der Waals surface area (Å²) >= 11 is 1.51. The summed E-state index contributed by atoms with van der Waals surface area (Å²) in [5.41, 5.74) is 4.30. The topological polar surface area (TPSA) is 61.9 Å². The molecule has 1 aromatic carbocycles. The lowest BCUT2D eigenvalue weighted by atomic mass is 10.1. The predicted octanol–water partition coefficient (Wildman–Crippen LogP) is 2.96. The summed E-state index contributed by atoms with van der Waals surface area (Å²) in [6.45, 7) is 3.26. The molecule has 1 amide bonds. The predicted molar refractivity (Wildman–Crippen MR) is 93.1 cm³/mol. The van der Waals surface area contributed by atoms with Crippen LogP contribution in [0, 0.1) is 6.92 Å². The zero-order valence-corrected chi connectivity index (χ0v) is 14.3. The van der Waals surface area contributed by atoms with Crippen molar-refractivity contribution in [2.45, 2.75) is 26.3 Å². The standard InChI is InChI=1S/C18H18N4OS/c1-12-17(24-16(20-12)9-13-5-3-2-4-6-13)18(23)22-8-7-15-14(11-22)10-19-21-15/h2-6,10H,7-9,11H2,1H3,(H,19,21). The van der Waals surface area contributed by atoms with E-state index in [1.807, 2.05) is 36.2 Å². The van der Waals surface area contributed by atoms with Gasteiger partial charge in [0.15, 0.2) is 0 Å². The molecule has 6 heteroatoms. The van der Waals surface area contributed by atoms with Gasteiger partial charge < -0.3 is 4.90 Å². The first-order chi connectivity index (χ1) is 11.7. The van der Waals surface area contributed by atoms with Crippen molar-refractivity contribution in [2.24, 2.45) is 0 Å². The Hall–Kier alpha value is -2.47. The van der Waals surface area contributed by atoms with Gasteiger partial charge in [-0.15, -0.1) is 11.3 Å². The summed E-state index contributed by atoms with van der Waals surface area (Å²) in [5.74, 6) is 0.0798. The third-order valence-corrected chi connectivity index (χ3v) is 5.47. The number of benzene rings is 1. The van der Waals surface area contributed by atoms with Gasteiger partial charge in [-0.3, -0.25) is 9.89 Å². The van der Waals surface area contributed by atoms with Gasteiger partial charge in [-0.2, -0.15) is 5.10 Å². The SMILES string of the molecule is Cc1nc(Cc2ccccc2)sc1C(=O)N1CCc2[nH]ncc2C1. The molecule has 0 saturated carbocycles. The second-order valence-electron chi connectivity index (χ2n) is 6.04. The average molecular weight is 338 g/mol. The number of H-pyrrole nitrogens is 1. The van der Waals surface area contributed by atoms with E-state index in [9.17, 15) is 4.79 Å². The fourth-order valence-corrected chi connectivity index (χ4v) is 4.10. The minimum atomic E-state index is 0.0798. The molecule has 1 N–H and O–H groups in total. The third-order valence-electron chi connectivity index (χ3n) is 4.32. The molecule has 0 radical (unpaired) electrons. The maximum atomic E-state index is 12.9. The Labute approximate surface area is 144 Å². The second-order valence-corrected chi connectivity index (χ2v) is 7.12. The second kappa shape index (κ2) is 6.20. The number of nitrogens with one attached hydrogen (secondary N) is 1. The van der Waals surface area contributed by atoms with Gasteiger partial charge in [-0.1, -0.05) is 30.3 Å². The Bertz CT molecular complexity index is 868. The van der Waals surface area contributed by atoms with E-state index >= 15 is 0 Å². The van der Waals surface area contributed by atoms with Crippen LogP contribution < -0.4 is 0 Å². The number of hydrogen-bond acceptors (Lipinski definition) is 4. The molecular weight excluding hydrogens is 320 g/mol. The molecule has 24 heavy (non-hydrogen) atoms. The van der Waals surface area contributed by atoms with Gasteiger partial charge in [0.05, 0.1) is 16.9 Å². The van der Waals surface area contributed by atoms with E-state index < -0.39 is 0 Å². The maximum Gasteiger partial charge on any atom is 0.266 e. The van der Waals surface area contributed by atoms with Gasteiger partial charge in [-0.05, 0) is 12.5 Å². The summed E-state index contributed by atoms with van der Waals surface area (Å²) in [6.07, 6.45) is 3.41. The van der Waals surface area contributed by atoms with Gasteiger partial charge in [0, 0.05) is 37.2 Å². The van der Waals surface area contributed by atoms with Crippen LogP contribution >= 0.6 is 11.3 Å². The lowest BCUT2D eigenvalue weighted by Crippen LogP contribution is -2.35. The molecule has 0 unspecified atom stereocenters. The number of hydrogen-bond donors (Lipinski definition) is 1. The summed E-state index contributed by atoms with van der Waals surface area (Å²) in [6, 6.07) is 10.2. The molecule has 3 aromatic rings. The van der Waals surface area contributed by atoms with E-state index in [0.717, 1.165) is 46.2 Å². The maximum absolute atomic E-state index is 12.9. The number of fused-ring (bicyclic) bond motifs is 1. The van der Waals surface area contributed by atoms with Crippen LogP contribution in [0.25, 0.3) is 0 Å². The summed E-state index contributed by atoms with van der Waals surface area (Å²) in [7, 11) is 0. The van der Waals surface area contributed by atoms with Crippen molar-refractivity contribution in [3.05, 3.63) is 68.9 Å². The van der Waals surface area contributed by atoms with Crippen LogP contribution in [0.2, 0.25) is 0 Å². The van der Waals surface area contributed by atoms with Gasteiger partial charge in [-0.25, -0.2) is 4.98 Å². The van der Waals surface area contributed by atoms with E-state index in [1.54, 1.807) is 0 Å². The zero-order chi connectivity index (χ0) is 16.5. The van der Waals surface area contributed by atoms with Crippen molar-refractivity contribution in [3.8, 4) is 0 Å². The molecule has 0 atom stereocenters. The molecule has 1 aliphatic rings. The van der Waals surface area contributed by atoms with E-state index in [0.29, 0.717) is 6.54 Å². The van der Waals surface area contributed by atoms with Crippen LogP contribution in [-0.2, 0) is 19.4 Å². The number of aromatic nitrogens is 3. The monoisotopic (exact) mass is 338 g/mol. The van der Waals surface area contributed by atoms with E-state index in [1.165, 1.54) is 16.9 Å². The highest BCUT2D eigenvalue weighted by Gasteiger charge is 2.26. The largest absolute Gasteiger partial charge is 0.333 e. The highest BCUT2D eigenvalue weighted by Crippen LogP contribution is 2.25. The summed E-state index contributed by atoms with van der Waals surface area (Å²) < 4.78 is 0. The first-order valence-corrected chi connectivity index (χ1v) is 8.83. The number of aromatic amines is 1. The van der Waals surface area contributed by atoms with Gasteiger partial charge in [0.2, 0.25) is 0 Å². The number of rotatable bonds is 3. The molecule has 0 saturated heterocycles. The normalized spacial score (nSPS) is 13.8. The molecule has 5 nitrogen and oxygen atoms in total. The van der Waals surface area contributed by atoms with E-state index in [-0.39, 0.29) is 5.91 Å². The van der Waals surface area contributed by atoms with Crippen molar-refractivity contribution in [2.75, 3.05) is 6.54 Å². The molecular formula is C18H18N4OS. The quantitative estimate of drug-likeness (QED) is 0.799. The molecule has 3 heterocycles. The fraction of sp³-hybridized carbons (Fsp3) is 0.278. The minimum absolute atomic E-state index is 0.0798. The highest BCUT2D eigenvalue weighted by atomic mass is 32.1. The molecule has 1 aliphatic heterocycles. The van der Waals surface area contributed by atoms with Gasteiger partial charge in [0.25, 0.3) is 5.91 Å². The first kappa shape index (κ1) is 15.1. The first-order valence-electron chi connectivity index (χ1n) is 8.01. The Morgan fingerprint density at radius 3 is 3.00 bits per heavy atom. The van der Waals surface area contributed by atoms with Crippen molar-refractivity contribution in [1.29, 1.82) is 0 Å². The molecule has 0 spiro atoms. The number of carbonyl (C=O) groups excluding carboxylic acids is 1. The highest BCUT2D eigenvalue weighted by molar-refractivity contribution is 7.13. The van der Waals surface area contributed by atoms with E-state index in [2.05, 4.69) is 27.3 Å². The van der Waals surface area contributed by atoms with Gasteiger partial charge >= 0.3 is 0 Å². The average Bonchev–Trinajstić information content (AvgIpc) is 3.20. The van der Waals surface area contributed by atoms with Crippen molar-refractivity contribution in [1.82, 2.24) is 20.1 Å². The number of aryl methyl sites for hydroxylation is 1. The number of amides is 1. The minimum Gasteiger partial charge on any atom is -0.333 e. The molecule has 0 bridgehead atoms. The van der Waals surface area contributed by atoms with Crippen LogP contribution in [0.4, 0.5) is 0 Å². The van der Waals surface area contributed by atoms with Gasteiger partial charge in [0.1, 0.15) is 4.88 Å². The summed E-state index contributed by atoms with van der Waals surface area (Å²) in [5, 5.41) is 8.06. The molecule has 4 rings (SSSR count). The lowest BCUT2D eigenvalue weighted by molar-refractivity contribution is 0.0738. The smallest absolute Gasteiger partial charge is 0.266 e. The zero-order valence-electron chi connectivity index (χ0n) is 13.5. The molecule has 0 fully saturated rings. The molecule has 0 aliphatic carbocycles. The molecule has 122 valence electrons. The summed E-state index contributed by atoms with van der Waals surface area (Å²) in [4.78, 5) is 20.1. The fourth-order valence-electron chi connectivity index (χ4n) is 3.04. The number of carbonyl (C=O) groups is 1. The Kier molecular flexibility index (Phi) is 3.90. The van der Waals surface area contributed by atoms with E-state index in [4.69, 9.17) is 0 Å². The Morgan fingerprint density at radius 1 is 1.33 bits per heavy atom. The third kappa shape index (κ3) is 2.85. The van der Waals surface area contributed by atoms with Crippen molar-refractivity contribution < 1.29 is 4.79 Å². The van der Waals surface area contributed by atoms with Crippen LogP contribution in [-0.4, -0.2) is 32.5 Å².